The Hall–Kier alpha value is -3.26. The van der Waals surface area contributed by atoms with Gasteiger partial charge in [-0.2, -0.15) is 0 Å². The van der Waals surface area contributed by atoms with Crippen molar-refractivity contribution in [2.24, 2.45) is 0 Å². The molecule has 2 aromatic rings. The monoisotopic (exact) mass is 472 g/mol. The Morgan fingerprint density at radius 1 is 1.03 bits per heavy atom. The van der Waals surface area contributed by atoms with E-state index in [1.54, 1.807) is 43.2 Å². The molecule has 186 valence electrons. The highest BCUT2D eigenvalue weighted by Crippen LogP contribution is 2.23. The molecule has 2 N–H and O–H groups in total. The van der Waals surface area contributed by atoms with E-state index in [9.17, 15) is 14.7 Å². The van der Waals surface area contributed by atoms with Crippen LogP contribution < -0.4 is 14.8 Å². The summed E-state index contributed by atoms with van der Waals surface area (Å²) in [4.78, 5) is 25.9. The number of benzene rings is 2. The lowest BCUT2D eigenvalue weighted by Gasteiger charge is -2.24. The first-order chi connectivity index (χ1) is 16.5. The molecule has 8 heteroatoms. The van der Waals surface area contributed by atoms with Crippen molar-refractivity contribution >= 4 is 17.7 Å². The number of carbonyl (C=O) groups excluding carboxylic acids is 1. The van der Waals surface area contributed by atoms with Gasteiger partial charge in [0.15, 0.2) is 6.10 Å². The van der Waals surface area contributed by atoms with Crippen LogP contribution in [0, 0.1) is 0 Å². The van der Waals surface area contributed by atoms with Crippen LogP contribution in [0.3, 0.4) is 0 Å². The summed E-state index contributed by atoms with van der Waals surface area (Å²) in [5, 5.41) is 12.2. The Kier molecular flexibility index (Phi) is 11.7. The maximum Gasteiger partial charge on any atom is 0.333 e. The minimum absolute atomic E-state index is 0.199. The van der Waals surface area contributed by atoms with Gasteiger partial charge in [-0.15, -0.1) is 0 Å². The van der Waals surface area contributed by atoms with Gasteiger partial charge in [-0.05, 0) is 43.2 Å². The molecule has 0 aliphatic rings. The van der Waals surface area contributed by atoms with Crippen LogP contribution in [-0.2, 0) is 16.0 Å². The van der Waals surface area contributed by atoms with Crippen LogP contribution in [0.5, 0.6) is 11.5 Å². The van der Waals surface area contributed by atoms with Gasteiger partial charge < -0.3 is 29.5 Å². The zero-order chi connectivity index (χ0) is 24.8. The number of nitrogens with one attached hydrogen (secondary N) is 1. The number of aliphatic carboxylic acids is 1. The normalized spacial score (nSPS) is 11.5. The Labute approximate surface area is 201 Å². The third-order valence-electron chi connectivity index (χ3n) is 5.29. The van der Waals surface area contributed by atoms with Crippen LogP contribution in [0.4, 0.5) is 10.5 Å². The number of ether oxygens (including phenoxy) is 3. The van der Waals surface area contributed by atoms with Crippen LogP contribution in [0.15, 0.2) is 48.5 Å². The van der Waals surface area contributed by atoms with E-state index in [2.05, 4.69) is 12.2 Å². The number of carboxylic acid groups (broad SMARTS) is 1. The van der Waals surface area contributed by atoms with Gasteiger partial charge in [0.05, 0.1) is 19.3 Å². The molecule has 2 amide bonds. The molecule has 0 fully saturated rings. The number of carbonyl (C=O) groups is 2. The first kappa shape index (κ1) is 27.0. The van der Waals surface area contributed by atoms with Crippen molar-refractivity contribution < 1.29 is 28.9 Å². The van der Waals surface area contributed by atoms with Crippen molar-refractivity contribution in [1.82, 2.24) is 4.90 Å². The second-order valence-electron chi connectivity index (χ2n) is 7.80. The first-order valence-electron chi connectivity index (χ1n) is 11.7. The van der Waals surface area contributed by atoms with Crippen molar-refractivity contribution in [3.05, 3.63) is 54.1 Å². The molecule has 0 heterocycles. The lowest BCUT2D eigenvalue weighted by Crippen LogP contribution is -2.38. The summed E-state index contributed by atoms with van der Waals surface area (Å²) in [5.74, 6) is 0.289. The molecule has 0 bridgehead atoms. The molecule has 0 radical (unpaired) electrons. The summed E-state index contributed by atoms with van der Waals surface area (Å²) in [6.07, 6.45) is 2.44. The molecule has 0 aliphatic heterocycles. The van der Waals surface area contributed by atoms with E-state index in [0.717, 1.165) is 24.8 Å². The number of urea groups is 1. The van der Waals surface area contributed by atoms with E-state index in [1.807, 2.05) is 24.3 Å². The van der Waals surface area contributed by atoms with Crippen molar-refractivity contribution in [2.75, 3.05) is 38.7 Å². The van der Waals surface area contributed by atoms with Gasteiger partial charge in [-0.1, -0.05) is 44.0 Å². The van der Waals surface area contributed by atoms with Crippen LogP contribution in [0.25, 0.3) is 0 Å². The summed E-state index contributed by atoms with van der Waals surface area (Å²) in [6.45, 7) is 5.64. The van der Waals surface area contributed by atoms with E-state index in [1.165, 1.54) is 0 Å². The average Bonchev–Trinajstić information content (AvgIpc) is 2.84. The zero-order valence-corrected chi connectivity index (χ0v) is 20.3. The molecule has 0 saturated carbocycles. The predicted octanol–water partition coefficient (Wildman–Crippen LogP) is 4.83. The van der Waals surface area contributed by atoms with E-state index < -0.39 is 12.1 Å². The Morgan fingerprint density at radius 3 is 2.41 bits per heavy atom. The molecular weight excluding hydrogens is 436 g/mol. The van der Waals surface area contributed by atoms with Gasteiger partial charge in [-0.3, -0.25) is 0 Å². The van der Waals surface area contributed by atoms with Crippen LogP contribution in [-0.4, -0.2) is 61.5 Å². The third-order valence-corrected chi connectivity index (χ3v) is 5.29. The van der Waals surface area contributed by atoms with Crippen molar-refractivity contribution in [1.29, 1.82) is 0 Å². The molecule has 2 rings (SSSR count). The van der Waals surface area contributed by atoms with Crippen molar-refractivity contribution in [3.8, 4) is 11.5 Å². The number of hydrogen-bond acceptors (Lipinski definition) is 5. The predicted molar refractivity (Wildman–Crippen MR) is 132 cm³/mol. The maximum atomic E-state index is 12.9. The summed E-state index contributed by atoms with van der Waals surface area (Å²) < 4.78 is 16.4. The number of methoxy groups -OCH3 is 1. The quantitative estimate of drug-likeness (QED) is 0.360. The smallest absolute Gasteiger partial charge is 0.333 e. The number of amides is 2. The lowest BCUT2D eigenvalue weighted by atomic mass is 10.1. The number of anilines is 1. The summed E-state index contributed by atoms with van der Waals surface area (Å²) in [5.41, 5.74) is 1.48. The summed E-state index contributed by atoms with van der Waals surface area (Å²) in [7, 11) is 1.57. The molecule has 1 atom stereocenters. The highest BCUT2D eigenvalue weighted by molar-refractivity contribution is 5.91. The van der Waals surface area contributed by atoms with Crippen molar-refractivity contribution in [3.63, 3.8) is 0 Å². The van der Waals surface area contributed by atoms with E-state index in [0.29, 0.717) is 43.5 Å². The van der Waals surface area contributed by atoms with E-state index in [-0.39, 0.29) is 12.5 Å². The topological polar surface area (TPSA) is 97.3 Å². The number of carboxylic acids is 1. The molecular formula is C26H36N2O6. The fourth-order valence-electron chi connectivity index (χ4n) is 3.44. The zero-order valence-electron chi connectivity index (χ0n) is 20.3. The molecule has 34 heavy (non-hydrogen) atoms. The number of rotatable bonds is 15. The standard InChI is InChI=1S/C26H36N2O6/c1-4-6-9-16-28(26(31)27-22-10-7-8-11-23(22)32-3)17-18-34-21-14-12-20(13-15-21)19-24(25(29)30)33-5-2/h7-8,10-15,24H,4-6,9,16-19H2,1-3H3,(H,27,31)(H,29,30). The minimum atomic E-state index is -0.975. The maximum absolute atomic E-state index is 12.9. The fourth-order valence-corrected chi connectivity index (χ4v) is 3.44. The number of nitrogens with zero attached hydrogens (tertiary/aromatic N) is 1. The fraction of sp³-hybridized carbons (Fsp3) is 0.462. The van der Waals surface area contributed by atoms with Gasteiger partial charge in [-0.25, -0.2) is 9.59 Å². The van der Waals surface area contributed by atoms with E-state index in [4.69, 9.17) is 14.2 Å². The Balaban J connectivity index is 1.92. The molecule has 0 aromatic heterocycles. The number of hydrogen-bond donors (Lipinski definition) is 2. The Bertz CT molecular complexity index is 887. The second-order valence-corrected chi connectivity index (χ2v) is 7.80. The highest BCUT2D eigenvalue weighted by Gasteiger charge is 2.18. The van der Waals surface area contributed by atoms with Gasteiger partial charge in [0.1, 0.15) is 18.1 Å². The van der Waals surface area contributed by atoms with Gasteiger partial charge >= 0.3 is 12.0 Å². The largest absolute Gasteiger partial charge is 0.495 e. The highest BCUT2D eigenvalue weighted by atomic mass is 16.5. The molecule has 8 nitrogen and oxygen atoms in total. The van der Waals surface area contributed by atoms with Crippen LogP contribution in [0.2, 0.25) is 0 Å². The van der Waals surface area contributed by atoms with Gasteiger partial charge in [0.2, 0.25) is 0 Å². The summed E-state index contributed by atoms with van der Waals surface area (Å²) in [6, 6.07) is 14.4. The minimum Gasteiger partial charge on any atom is -0.495 e. The Morgan fingerprint density at radius 2 is 1.76 bits per heavy atom. The first-order valence-corrected chi connectivity index (χ1v) is 11.7. The van der Waals surface area contributed by atoms with Gasteiger partial charge in [0, 0.05) is 19.6 Å². The number of para-hydroxylation sites is 2. The third kappa shape index (κ3) is 8.94. The lowest BCUT2D eigenvalue weighted by molar-refractivity contribution is -0.149. The second kappa shape index (κ2) is 14.8. The number of unbranched alkanes of at least 4 members (excludes halogenated alkanes) is 2. The molecule has 1 unspecified atom stereocenters. The average molecular weight is 473 g/mol. The van der Waals surface area contributed by atoms with E-state index >= 15 is 0 Å². The molecule has 0 spiro atoms. The van der Waals surface area contributed by atoms with Crippen LogP contribution >= 0.6 is 0 Å². The molecule has 2 aromatic carbocycles. The van der Waals surface area contributed by atoms with Crippen molar-refractivity contribution in [2.45, 2.75) is 45.6 Å². The van der Waals surface area contributed by atoms with Crippen LogP contribution in [0.1, 0.15) is 38.7 Å². The summed E-state index contributed by atoms with van der Waals surface area (Å²) >= 11 is 0. The van der Waals surface area contributed by atoms with Gasteiger partial charge in [0.25, 0.3) is 0 Å². The molecule has 0 aliphatic carbocycles. The molecule has 0 saturated heterocycles. The SMILES string of the molecule is CCCCCN(CCOc1ccc(CC(OCC)C(=O)O)cc1)C(=O)Nc1ccccc1OC.